The number of thiophene rings is 1. The minimum Gasteiger partial charge on any atom is -0.306 e. The Morgan fingerprint density at radius 2 is 2.22 bits per heavy atom. The van der Waals surface area contributed by atoms with Crippen molar-refractivity contribution in [3.05, 3.63) is 40.1 Å². The van der Waals surface area contributed by atoms with Crippen molar-refractivity contribution in [3.8, 4) is 0 Å². The maximum atomic E-state index is 12.8. The Hall–Kier alpha value is -1.20. The van der Waals surface area contributed by atoms with Gasteiger partial charge in [-0.1, -0.05) is 6.92 Å². The lowest BCUT2D eigenvalue weighted by atomic mass is 10.2. The zero-order chi connectivity index (χ0) is 13.0. The van der Waals surface area contributed by atoms with Crippen LogP contribution in [0, 0.1) is 5.13 Å². The van der Waals surface area contributed by atoms with Gasteiger partial charge >= 0.3 is 0 Å². The number of nitrogens with zero attached hydrogens (tertiary/aromatic N) is 2. The van der Waals surface area contributed by atoms with Gasteiger partial charge in [0.15, 0.2) is 5.13 Å². The van der Waals surface area contributed by atoms with Crippen LogP contribution in [0.25, 0.3) is 0 Å². The van der Waals surface area contributed by atoms with Crippen LogP contribution in [0.2, 0.25) is 0 Å². The zero-order valence-corrected chi connectivity index (χ0v) is 11.5. The topological polar surface area (TPSA) is 29.9 Å². The van der Waals surface area contributed by atoms with Gasteiger partial charge in [-0.25, -0.2) is 0 Å². The van der Waals surface area contributed by atoms with Crippen molar-refractivity contribution in [1.82, 2.24) is 15.1 Å². The molecule has 0 saturated carbocycles. The van der Waals surface area contributed by atoms with Crippen molar-refractivity contribution >= 4 is 11.3 Å². The number of aromatic nitrogens is 2. The van der Waals surface area contributed by atoms with Crippen LogP contribution in [-0.2, 0) is 13.1 Å². The van der Waals surface area contributed by atoms with E-state index in [9.17, 15) is 4.39 Å². The summed E-state index contributed by atoms with van der Waals surface area (Å²) in [5, 5.41) is 7.53. The predicted molar refractivity (Wildman–Crippen MR) is 72.0 cm³/mol. The molecule has 0 amide bonds. The number of nitrogens with one attached hydrogen (secondary N) is 1. The lowest BCUT2D eigenvalue weighted by Crippen LogP contribution is -2.17. The molecule has 0 fully saturated rings. The summed E-state index contributed by atoms with van der Waals surface area (Å²) in [5.41, 5.74) is 1.17. The highest BCUT2D eigenvalue weighted by Gasteiger charge is 2.08. The van der Waals surface area contributed by atoms with E-state index in [1.54, 1.807) is 0 Å². The van der Waals surface area contributed by atoms with Gasteiger partial charge in [0.2, 0.25) is 0 Å². The van der Waals surface area contributed by atoms with Gasteiger partial charge < -0.3 is 5.32 Å². The largest absolute Gasteiger partial charge is 0.306 e. The monoisotopic (exact) mass is 267 g/mol. The molecule has 0 unspecified atom stereocenters. The summed E-state index contributed by atoms with van der Waals surface area (Å²) >= 11 is 1.19. The SMILES string of the molecule is CC[C@@H](C)n1nccc1CNCc1ccc(F)s1. The second kappa shape index (κ2) is 6.11. The Morgan fingerprint density at radius 3 is 2.89 bits per heavy atom. The molecular weight excluding hydrogens is 249 g/mol. The highest BCUT2D eigenvalue weighted by molar-refractivity contribution is 7.10. The Bertz CT molecular complexity index is 492. The third kappa shape index (κ3) is 3.17. The molecule has 5 heteroatoms. The Balaban J connectivity index is 1.88. The smallest absolute Gasteiger partial charge is 0.176 e. The summed E-state index contributed by atoms with van der Waals surface area (Å²) in [5.74, 6) is 0. The van der Waals surface area contributed by atoms with Gasteiger partial charge in [-0.2, -0.15) is 9.49 Å². The first-order chi connectivity index (χ1) is 8.70. The Kier molecular flexibility index (Phi) is 4.49. The normalized spacial score (nSPS) is 12.8. The van der Waals surface area contributed by atoms with E-state index in [1.807, 2.05) is 23.0 Å². The number of hydrogen-bond acceptors (Lipinski definition) is 3. The fraction of sp³-hybridized carbons (Fsp3) is 0.462. The second-order valence-electron chi connectivity index (χ2n) is 4.33. The van der Waals surface area contributed by atoms with Gasteiger partial charge in [-0.3, -0.25) is 4.68 Å². The summed E-state index contributed by atoms with van der Waals surface area (Å²) in [6, 6.07) is 5.76. The molecule has 0 spiro atoms. The maximum absolute atomic E-state index is 12.8. The number of halogens is 1. The minimum absolute atomic E-state index is 0.128. The number of rotatable bonds is 6. The standard InChI is InChI=1S/C13H18FN3S/c1-3-10(2)17-11(6-7-16-17)8-15-9-12-4-5-13(14)18-12/h4-7,10,15H,3,8-9H2,1-2H3/t10-/m1/s1. The van der Waals surface area contributed by atoms with Gasteiger partial charge in [0.25, 0.3) is 0 Å². The van der Waals surface area contributed by atoms with Gasteiger partial charge in [-0.05, 0) is 31.5 Å². The molecule has 18 heavy (non-hydrogen) atoms. The molecule has 2 heterocycles. The van der Waals surface area contributed by atoms with Crippen molar-refractivity contribution in [3.63, 3.8) is 0 Å². The zero-order valence-electron chi connectivity index (χ0n) is 10.7. The highest BCUT2D eigenvalue weighted by Crippen LogP contribution is 2.15. The average Bonchev–Trinajstić information content (AvgIpc) is 2.98. The summed E-state index contributed by atoms with van der Waals surface area (Å²) in [6.45, 7) is 5.76. The summed E-state index contributed by atoms with van der Waals surface area (Å²) in [6.07, 6.45) is 2.89. The third-order valence-electron chi connectivity index (χ3n) is 2.99. The molecule has 0 radical (unpaired) electrons. The van der Waals surface area contributed by atoms with Crippen LogP contribution in [0.1, 0.15) is 36.9 Å². The lowest BCUT2D eigenvalue weighted by molar-refractivity contribution is 0.452. The van der Waals surface area contributed by atoms with Crippen molar-refractivity contribution in [2.75, 3.05) is 0 Å². The highest BCUT2D eigenvalue weighted by atomic mass is 32.1. The van der Waals surface area contributed by atoms with Crippen molar-refractivity contribution in [2.45, 2.75) is 39.4 Å². The van der Waals surface area contributed by atoms with E-state index < -0.39 is 0 Å². The maximum Gasteiger partial charge on any atom is 0.176 e. The molecule has 0 aromatic carbocycles. The molecule has 98 valence electrons. The van der Waals surface area contributed by atoms with Gasteiger partial charge in [0.05, 0.1) is 5.69 Å². The predicted octanol–water partition coefficient (Wildman–Crippen LogP) is 3.34. The molecule has 1 atom stereocenters. The average molecular weight is 267 g/mol. The van der Waals surface area contributed by atoms with Crippen LogP contribution >= 0.6 is 11.3 Å². The molecule has 0 bridgehead atoms. The van der Waals surface area contributed by atoms with Crippen LogP contribution in [0.4, 0.5) is 4.39 Å². The van der Waals surface area contributed by atoms with Crippen LogP contribution in [-0.4, -0.2) is 9.78 Å². The van der Waals surface area contributed by atoms with Crippen molar-refractivity contribution in [2.24, 2.45) is 0 Å². The van der Waals surface area contributed by atoms with Gasteiger partial charge in [0, 0.05) is 30.2 Å². The molecule has 1 N–H and O–H groups in total. The van der Waals surface area contributed by atoms with E-state index >= 15 is 0 Å². The van der Waals surface area contributed by atoms with Gasteiger partial charge in [0.1, 0.15) is 0 Å². The fourth-order valence-corrected chi connectivity index (χ4v) is 2.51. The molecular formula is C13H18FN3S. The first-order valence-electron chi connectivity index (χ1n) is 6.18. The summed E-state index contributed by atoms with van der Waals surface area (Å²) < 4.78 is 14.9. The second-order valence-corrected chi connectivity index (χ2v) is 5.45. The molecule has 0 saturated heterocycles. The van der Waals surface area contributed by atoms with E-state index in [1.165, 1.54) is 23.1 Å². The molecule has 2 rings (SSSR count). The quantitative estimate of drug-likeness (QED) is 0.870. The van der Waals surface area contributed by atoms with Gasteiger partial charge in [-0.15, -0.1) is 11.3 Å². The molecule has 0 aliphatic carbocycles. The summed E-state index contributed by atoms with van der Waals surface area (Å²) in [4.78, 5) is 1.02. The molecule has 3 nitrogen and oxygen atoms in total. The van der Waals surface area contributed by atoms with E-state index in [2.05, 4.69) is 24.3 Å². The fourth-order valence-electron chi connectivity index (χ4n) is 1.81. The van der Waals surface area contributed by atoms with Crippen LogP contribution in [0.5, 0.6) is 0 Å². The van der Waals surface area contributed by atoms with Crippen molar-refractivity contribution < 1.29 is 4.39 Å². The number of hydrogen-bond donors (Lipinski definition) is 1. The van der Waals surface area contributed by atoms with Crippen LogP contribution in [0.15, 0.2) is 24.4 Å². The Labute approximate surface area is 111 Å². The molecule has 0 aliphatic rings. The van der Waals surface area contributed by atoms with E-state index in [-0.39, 0.29) is 5.13 Å². The summed E-state index contributed by atoms with van der Waals surface area (Å²) in [7, 11) is 0. The molecule has 0 aliphatic heterocycles. The van der Waals surface area contributed by atoms with Crippen LogP contribution < -0.4 is 5.32 Å². The van der Waals surface area contributed by atoms with Crippen molar-refractivity contribution in [1.29, 1.82) is 0 Å². The molecule has 2 aromatic rings. The van der Waals surface area contributed by atoms with E-state index in [0.29, 0.717) is 12.6 Å². The third-order valence-corrected chi connectivity index (χ3v) is 3.87. The molecule has 2 aromatic heterocycles. The minimum atomic E-state index is -0.128. The van der Waals surface area contributed by atoms with E-state index in [4.69, 9.17) is 0 Å². The van der Waals surface area contributed by atoms with Crippen LogP contribution in [0.3, 0.4) is 0 Å². The van der Waals surface area contributed by atoms with E-state index in [0.717, 1.165) is 17.8 Å². The first kappa shape index (κ1) is 13.2. The lowest BCUT2D eigenvalue weighted by Gasteiger charge is -2.13. The first-order valence-corrected chi connectivity index (χ1v) is 6.99. The Morgan fingerprint density at radius 1 is 1.39 bits per heavy atom.